The third-order valence-electron chi connectivity index (χ3n) is 4.60. The van der Waals surface area contributed by atoms with Crippen molar-refractivity contribution in [2.75, 3.05) is 6.54 Å². The number of hydrogen-bond acceptors (Lipinski definition) is 4. The number of benzene rings is 1. The van der Waals surface area contributed by atoms with Crippen molar-refractivity contribution in [1.29, 1.82) is 0 Å². The molecule has 2 aromatic rings. The molecule has 1 heterocycles. The van der Waals surface area contributed by atoms with Crippen LogP contribution in [0, 0.1) is 17.7 Å². The van der Waals surface area contributed by atoms with E-state index in [0.29, 0.717) is 24.7 Å². The second-order valence-electron chi connectivity index (χ2n) is 6.31. The van der Waals surface area contributed by atoms with Gasteiger partial charge in [0, 0.05) is 24.7 Å². The van der Waals surface area contributed by atoms with Crippen LogP contribution in [0.4, 0.5) is 4.39 Å². The average molecular weight is 416 g/mol. The first-order valence-electron chi connectivity index (χ1n) is 8.52. The lowest BCUT2D eigenvalue weighted by Crippen LogP contribution is -2.34. The summed E-state index contributed by atoms with van der Waals surface area (Å²) in [6, 6.07) is 9.33. The predicted molar refractivity (Wildman–Crippen MR) is 107 cm³/mol. The van der Waals surface area contributed by atoms with Crippen LogP contribution in [-0.2, 0) is 11.3 Å². The molecule has 148 valence electrons. The van der Waals surface area contributed by atoms with E-state index in [1.807, 2.05) is 6.07 Å². The van der Waals surface area contributed by atoms with Gasteiger partial charge in [0.25, 0.3) is 0 Å². The molecule has 0 saturated heterocycles. The summed E-state index contributed by atoms with van der Waals surface area (Å²) in [6.45, 7) is 0.970. The molecule has 1 aliphatic carbocycles. The largest absolute Gasteiger partial charge is 0.439 e. The van der Waals surface area contributed by atoms with E-state index in [4.69, 9.17) is 10.5 Å². The maximum atomic E-state index is 12.9. The first kappa shape index (κ1) is 23.1. The molecule has 1 aromatic heterocycles. The molecule has 0 bridgehead atoms. The Bertz CT molecular complexity index is 731. The van der Waals surface area contributed by atoms with Crippen molar-refractivity contribution < 1.29 is 13.9 Å². The zero-order valence-corrected chi connectivity index (χ0v) is 16.4. The molecule has 1 saturated carbocycles. The Labute approximate surface area is 170 Å². The van der Waals surface area contributed by atoms with Crippen LogP contribution in [0.5, 0.6) is 11.6 Å². The van der Waals surface area contributed by atoms with Crippen molar-refractivity contribution in [2.45, 2.75) is 25.8 Å². The standard InChI is InChI=1S/C19H22FN3O2.2ClH/c20-15-4-6-16(7-5-15)25-18-10-13(8-9-22-18)12-23-19(24)17-3-1-2-14(17)11-21;;/h4-10,14,17H,1-3,11-12,21H2,(H,23,24);2*1H/t14-,17-;;/m1../s1. The molecule has 0 aliphatic heterocycles. The van der Waals surface area contributed by atoms with Gasteiger partial charge in [-0.3, -0.25) is 4.79 Å². The number of aromatic nitrogens is 1. The summed E-state index contributed by atoms with van der Waals surface area (Å²) < 4.78 is 18.5. The number of carbonyl (C=O) groups excluding carboxylic acids is 1. The number of halogens is 3. The number of amides is 1. The lowest BCUT2D eigenvalue weighted by Gasteiger charge is -2.17. The highest BCUT2D eigenvalue weighted by molar-refractivity contribution is 5.85. The van der Waals surface area contributed by atoms with Crippen molar-refractivity contribution in [2.24, 2.45) is 17.6 Å². The number of rotatable bonds is 6. The van der Waals surface area contributed by atoms with Crippen molar-refractivity contribution in [3.8, 4) is 11.6 Å². The minimum absolute atomic E-state index is 0. The van der Waals surface area contributed by atoms with Gasteiger partial charge < -0.3 is 15.8 Å². The Balaban J connectivity index is 0.00000182. The first-order valence-corrected chi connectivity index (χ1v) is 8.52. The molecule has 1 aromatic carbocycles. The van der Waals surface area contributed by atoms with Crippen LogP contribution < -0.4 is 15.8 Å². The Hall–Kier alpha value is -1.89. The van der Waals surface area contributed by atoms with Gasteiger partial charge in [0.1, 0.15) is 11.6 Å². The molecule has 0 unspecified atom stereocenters. The van der Waals surface area contributed by atoms with Crippen LogP contribution in [0.2, 0.25) is 0 Å². The van der Waals surface area contributed by atoms with Crippen LogP contribution in [0.25, 0.3) is 0 Å². The fourth-order valence-electron chi connectivity index (χ4n) is 3.22. The zero-order chi connectivity index (χ0) is 17.6. The Morgan fingerprint density at radius 3 is 2.67 bits per heavy atom. The highest BCUT2D eigenvalue weighted by Crippen LogP contribution is 2.31. The van der Waals surface area contributed by atoms with Gasteiger partial charge in [-0.25, -0.2) is 9.37 Å². The number of hydrogen-bond donors (Lipinski definition) is 2. The molecule has 8 heteroatoms. The molecular weight excluding hydrogens is 392 g/mol. The van der Waals surface area contributed by atoms with Gasteiger partial charge in [0.15, 0.2) is 0 Å². The number of nitrogens with two attached hydrogens (primary N) is 1. The monoisotopic (exact) mass is 415 g/mol. The second kappa shape index (κ2) is 11.1. The van der Waals surface area contributed by atoms with Crippen LogP contribution >= 0.6 is 24.8 Å². The number of nitrogens with one attached hydrogen (secondary N) is 1. The Kier molecular flexibility index (Phi) is 9.49. The third kappa shape index (κ3) is 6.34. The summed E-state index contributed by atoms with van der Waals surface area (Å²) >= 11 is 0. The van der Waals surface area contributed by atoms with Crippen LogP contribution in [0.3, 0.4) is 0 Å². The quantitative estimate of drug-likeness (QED) is 0.750. The Morgan fingerprint density at radius 2 is 1.96 bits per heavy atom. The molecule has 5 nitrogen and oxygen atoms in total. The van der Waals surface area contributed by atoms with E-state index in [9.17, 15) is 9.18 Å². The number of carbonyl (C=O) groups is 1. The fourth-order valence-corrected chi connectivity index (χ4v) is 3.22. The summed E-state index contributed by atoms with van der Waals surface area (Å²) in [7, 11) is 0. The molecule has 0 radical (unpaired) electrons. The van der Waals surface area contributed by atoms with Gasteiger partial charge in [-0.15, -0.1) is 24.8 Å². The molecular formula is C19H24Cl2FN3O2. The van der Waals surface area contributed by atoms with Crippen molar-refractivity contribution >= 4 is 30.7 Å². The van der Waals surface area contributed by atoms with E-state index in [1.54, 1.807) is 24.4 Å². The van der Waals surface area contributed by atoms with Crippen molar-refractivity contribution in [3.63, 3.8) is 0 Å². The molecule has 27 heavy (non-hydrogen) atoms. The Morgan fingerprint density at radius 1 is 1.22 bits per heavy atom. The van der Waals surface area contributed by atoms with Gasteiger partial charge in [0.2, 0.25) is 11.8 Å². The number of ether oxygens (including phenoxy) is 1. The summed E-state index contributed by atoms with van der Waals surface area (Å²) in [5, 5.41) is 2.98. The molecule has 0 spiro atoms. The van der Waals surface area contributed by atoms with Crippen LogP contribution in [0.1, 0.15) is 24.8 Å². The van der Waals surface area contributed by atoms with Gasteiger partial charge in [0.05, 0.1) is 0 Å². The second-order valence-corrected chi connectivity index (χ2v) is 6.31. The highest BCUT2D eigenvalue weighted by Gasteiger charge is 2.31. The first-order chi connectivity index (χ1) is 12.2. The van der Waals surface area contributed by atoms with Gasteiger partial charge in [-0.1, -0.05) is 6.42 Å². The van der Waals surface area contributed by atoms with E-state index in [0.717, 1.165) is 24.8 Å². The predicted octanol–water partition coefficient (Wildman–Crippen LogP) is 3.85. The summed E-state index contributed by atoms with van der Waals surface area (Å²) in [6.07, 6.45) is 4.62. The molecule has 1 fully saturated rings. The van der Waals surface area contributed by atoms with Gasteiger partial charge >= 0.3 is 0 Å². The molecule has 3 rings (SSSR count). The lowest BCUT2D eigenvalue weighted by molar-refractivity contribution is -0.126. The normalized spacial score (nSPS) is 18.1. The van der Waals surface area contributed by atoms with Crippen LogP contribution in [-0.4, -0.2) is 17.4 Å². The maximum Gasteiger partial charge on any atom is 0.223 e. The summed E-state index contributed by atoms with van der Waals surface area (Å²) in [5.41, 5.74) is 6.63. The molecule has 1 aliphatic rings. The molecule has 1 amide bonds. The summed E-state index contributed by atoms with van der Waals surface area (Å²) in [5.74, 6) is 0.952. The van der Waals surface area contributed by atoms with Crippen molar-refractivity contribution in [3.05, 3.63) is 54.0 Å². The van der Waals surface area contributed by atoms with Crippen LogP contribution in [0.15, 0.2) is 42.6 Å². The van der Waals surface area contributed by atoms with E-state index in [-0.39, 0.29) is 48.4 Å². The number of nitrogens with zero attached hydrogens (tertiary/aromatic N) is 1. The third-order valence-corrected chi connectivity index (χ3v) is 4.60. The topological polar surface area (TPSA) is 77.2 Å². The van der Waals surface area contributed by atoms with E-state index < -0.39 is 0 Å². The summed E-state index contributed by atoms with van der Waals surface area (Å²) in [4.78, 5) is 16.5. The minimum atomic E-state index is -0.320. The maximum absolute atomic E-state index is 12.9. The average Bonchev–Trinajstić information content (AvgIpc) is 3.11. The van der Waals surface area contributed by atoms with E-state index >= 15 is 0 Å². The van der Waals surface area contributed by atoms with Crippen molar-refractivity contribution in [1.82, 2.24) is 10.3 Å². The lowest BCUT2D eigenvalue weighted by atomic mass is 9.95. The SMILES string of the molecule is Cl.Cl.NC[C@H]1CCC[C@H]1C(=O)NCc1ccnc(Oc2ccc(F)cc2)c1. The highest BCUT2D eigenvalue weighted by atomic mass is 35.5. The number of pyridine rings is 1. The fraction of sp³-hybridized carbons (Fsp3) is 0.368. The minimum Gasteiger partial charge on any atom is -0.439 e. The smallest absolute Gasteiger partial charge is 0.223 e. The molecule has 3 N–H and O–H groups in total. The zero-order valence-electron chi connectivity index (χ0n) is 14.8. The van der Waals surface area contributed by atoms with Gasteiger partial charge in [-0.05, 0) is 61.2 Å². The van der Waals surface area contributed by atoms with E-state index in [1.165, 1.54) is 12.1 Å². The van der Waals surface area contributed by atoms with Gasteiger partial charge in [-0.2, -0.15) is 0 Å². The molecule has 2 atom stereocenters. The van der Waals surface area contributed by atoms with E-state index in [2.05, 4.69) is 10.3 Å².